The summed E-state index contributed by atoms with van der Waals surface area (Å²) in [6, 6.07) is 0. The molecule has 64 valence electrons. The lowest BCUT2D eigenvalue weighted by molar-refractivity contribution is -0.152. The average molecular weight is 160 g/mol. The Hall–Kier alpha value is -0.610. The molecule has 1 aliphatic rings. The molecule has 1 rings (SSSR count). The van der Waals surface area contributed by atoms with Crippen molar-refractivity contribution in [2.75, 3.05) is 13.2 Å². The number of ether oxygens (including phenoxy) is 2. The Kier molecular flexibility index (Phi) is 2.84. The molecule has 2 unspecified atom stereocenters. The van der Waals surface area contributed by atoms with Crippen LogP contribution in [-0.4, -0.2) is 36.5 Å². The molecule has 1 N–H and O–H groups in total. The van der Waals surface area contributed by atoms with Crippen LogP contribution in [-0.2, 0) is 14.3 Å². The molecule has 2 atom stereocenters. The summed E-state index contributed by atoms with van der Waals surface area (Å²) in [6.45, 7) is 2.73. The van der Waals surface area contributed by atoms with Crippen molar-refractivity contribution in [2.45, 2.75) is 25.6 Å². The van der Waals surface area contributed by atoms with Gasteiger partial charge in [0.15, 0.2) is 6.10 Å². The van der Waals surface area contributed by atoms with E-state index in [2.05, 4.69) is 0 Å². The Morgan fingerprint density at radius 1 is 1.82 bits per heavy atom. The van der Waals surface area contributed by atoms with E-state index < -0.39 is 12.1 Å². The second-order valence-electron chi connectivity index (χ2n) is 2.60. The van der Waals surface area contributed by atoms with Gasteiger partial charge in [-0.3, -0.25) is 0 Å². The molecule has 1 fully saturated rings. The minimum Gasteiger partial charge on any atom is -0.479 e. The van der Waals surface area contributed by atoms with E-state index >= 15 is 0 Å². The fourth-order valence-electron chi connectivity index (χ4n) is 0.967. The fraction of sp³-hybridized carbons (Fsp3) is 0.857. The predicted molar refractivity (Wildman–Crippen MR) is 37.4 cm³/mol. The van der Waals surface area contributed by atoms with E-state index in [1.807, 2.05) is 0 Å². The van der Waals surface area contributed by atoms with Gasteiger partial charge < -0.3 is 14.6 Å². The largest absolute Gasteiger partial charge is 0.479 e. The van der Waals surface area contributed by atoms with Gasteiger partial charge in [0.1, 0.15) is 0 Å². The molecule has 0 saturated carbocycles. The van der Waals surface area contributed by atoms with Crippen molar-refractivity contribution in [1.82, 2.24) is 0 Å². The van der Waals surface area contributed by atoms with Gasteiger partial charge in [-0.1, -0.05) is 0 Å². The maximum atomic E-state index is 10.3. The van der Waals surface area contributed by atoms with Gasteiger partial charge in [-0.15, -0.1) is 0 Å². The molecule has 0 aromatic heterocycles. The van der Waals surface area contributed by atoms with Gasteiger partial charge in [0.2, 0.25) is 0 Å². The van der Waals surface area contributed by atoms with Crippen LogP contribution < -0.4 is 0 Å². The lowest BCUT2D eigenvalue weighted by Gasteiger charge is -2.12. The first-order chi connectivity index (χ1) is 5.20. The number of carboxylic acid groups (broad SMARTS) is 1. The quantitative estimate of drug-likeness (QED) is 0.643. The lowest BCUT2D eigenvalue weighted by Crippen LogP contribution is -2.26. The molecule has 0 bridgehead atoms. The van der Waals surface area contributed by atoms with Crippen molar-refractivity contribution in [2.24, 2.45) is 0 Å². The molecule has 0 aliphatic carbocycles. The van der Waals surface area contributed by atoms with Crippen molar-refractivity contribution in [3.8, 4) is 0 Å². The summed E-state index contributed by atoms with van der Waals surface area (Å²) >= 11 is 0. The van der Waals surface area contributed by atoms with Crippen LogP contribution in [0, 0.1) is 0 Å². The van der Waals surface area contributed by atoms with E-state index in [9.17, 15) is 4.79 Å². The molecular weight excluding hydrogens is 148 g/mol. The molecule has 1 saturated heterocycles. The van der Waals surface area contributed by atoms with Crippen molar-refractivity contribution < 1.29 is 19.4 Å². The molecule has 0 aromatic carbocycles. The summed E-state index contributed by atoms with van der Waals surface area (Å²) in [4.78, 5) is 10.3. The number of carbonyl (C=O) groups is 1. The molecule has 0 aromatic rings. The van der Waals surface area contributed by atoms with Crippen LogP contribution in [0.2, 0.25) is 0 Å². The maximum Gasteiger partial charge on any atom is 0.332 e. The highest BCUT2D eigenvalue weighted by Crippen LogP contribution is 2.10. The van der Waals surface area contributed by atoms with Gasteiger partial charge in [0.25, 0.3) is 0 Å². The molecule has 1 heterocycles. The third-order valence-corrected chi connectivity index (χ3v) is 1.63. The van der Waals surface area contributed by atoms with Crippen LogP contribution in [0.1, 0.15) is 13.3 Å². The van der Waals surface area contributed by atoms with Gasteiger partial charge in [0.05, 0.1) is 12.7 Å². The maximum absolute atomic E-state index is 10.3. The van der Waals surface area contributed by atoms with E-state index in [0.29, 0.717) is 13.2 Å². The van der Waals surface area contributed by atoms with Crippen molar-refractivity contribution in [3.05, 3.63) is 0 Å². The smallest absolute Gasteiger partial charge is 0.332 e. The Balaban J connectivity index is 2.23. The van der Waals surface area contributed by atoms with Gasteiger partial charge in [-0.05, 0) is 13.3 Å². The predicted octanol–water partition coefficient (Wildman–Crippen LogP) is 0.265. The normalized spacial score (nSPS) is 26.8. The third-order valence-electron chi connectivity index (χ3n) is 1.63. The second kappa shape index (κ2) is 3.69. The fourth-order valence-corrected chi connectivity index (χ4v) is 0.967. The monoisotopic (exact) mass is 160 g/mol. The van der Waals surface area contributed by atoms with E-state index in [0.717, 1.165) is 6.42 Å². The standard InChI is InChI=1S/C7H12O4/c1-5(7(8)9)11-6-2-3-10-4-6/h5-6H,2-4H2,1H3,(H,8,9). The summed E-state index contributed by atoms with van der Waals surface area (Å²) < 4.78 is 10.2. The molecule has 4 nitrogen and oxygen atoms in total. The Labute approximate surface area is 65.1 Å². The highest BCUT2D eigenvalue weighted by atomic mass is 16.6. The number of carboxylic acids is 1. The number of rotatable bonds is 3. The van der Waals surface area contributed by atoms with E-state index in [4.69, 9.17) is 14.6 Å². The minimum atomic E-state index is -0.920. The zero-order valence-electron chi connectivity index (χ0n) is 6.45. The van der Waals surface area contributed by atoms with Crippen LogP contribution in [0.3, 0.4) is 0 Å². The number of aliphatic carboxylic acids is 1. The van der Waals surface area contributed by atoms with Gasteiger partial charge in [-0.2, -0.15) is 0 Å². The summed E-state index contributed by atoms with van der Waals surface area (Å²) in [7, 11) is 0. The molecule has 4 heteroatoms. The second-order valence-corrected chi connectivity index (χ2v) is 2.60. The molecule has 1 aliphatic heterocycles. The van der Waals surface area contributed by atoms with E-state index in [1.54, 1.807) is 0 Å². The van der Waals surface area contributed by atoms with Crippen LogP contribution >= 0.6 is 0 Å². The first-order valence-electron chi connectivity index (χ1n) is 3.66. The van der Waals surface area contributed by atoms with Crippen LogP contribution in [0.5, 0.6) is 0 Å². The topological polar surface area (TPSA) is 55.8 Å². The first kappa shape index (κ1) is 8.49. The van der Waals surface area contributed by atoms with Crippen LogP contribution in [0.4, 0.5) is 0 Å². The molecule has 11 heavy (non-hydrogen) atoms. The van der Waals surface area contributed by atoms with E-state index in [1.165, 1.54) is 6.92 Å². The Morgan fingerprint density at radius 3 is 3.00 bits per heavy atom. The van der Waals surface area contributed by atoms with Gasteiger partial charge in [-0.25, -0.2) is 4.79 Å². The van der Waals surface area contributed by atoms with Crippen LogP contribution in [0.15, 0.2) is 0 Å². The SMILES string of the molecule is CC(OC1CCOC1)C(=O)O. The Bertz CT molecular complexity index is 139. The summed E-state index contributed by atoms with van der Waals surface area (Å²) in [5.74, 6) is -0.920. The third kappa shape index (κ3) is 2.48. The van der Waals surface area contributed by atoms with Crippen LogP contribution in [0.25, 0.3) is 0 Å². The van der Waals surface area contributed by atoms with Crippen molar-refractivity contribution in [3.63, 3.8) is 0 Å². The Morgan fingerprint density at radius 2 is 2.55 bits per heavy atom. The zero-order chi connectivity index (χ0) is 8.27. The van der Waals surface area contributed by atoms with Crippen molar-refractivity contribution in [1.29, 1.82) is 0 Å². The molecular formula is C7H12O4. The lowest BCUT2D eigenvalue weighted by atomic mass is 10.3. The molecule has 0 spiro atoms. The molecule has 0 amide bonds. The van der Waals surface area contributed by atoms with Gasteiger partial charge in [0, 0.05) is 6.61 Å². The number of hydrogen-bond donors (Lipinski definition) is 1. The first-order valence-corrected chi connectivity index (χ1v) is 3.66. The molecule has 0 radical (unpaired) electrons. The summed E-state index contributed by atoms with van der Waals surface area (Å²) in [6.07, 6.45) is 0.0558. The zero-order valence-corrected chi connectivity index (χ0v) is 6.45. The highest BCUT2D eigenvalue weighted by molar-refractivity contribution is 5.71. The highest BCUT2D eigenvalue weighted by Gasteiger charge is 2.21. The van der Waals surface area contributed by atoms with Gasteiger partial charge >= 0.3 is 5.97 Å². The summed E-state index contributed by atoms with van der Waals surface area (Å²) in [5.41, 5.74) is 0. The van der Waals surface area contributed by atoms with E-state index in [-0.39, 0.29) is 6.10 Å². The summed E-state index contributed by atoms with van der Waals surface area (Å²) in [5, 5.41) is 8.48. The average Bonchev–Trinajstić information content (AvgIpc) is 2.39. The van der Waals surface area contributed by atoms with Crippen molar-refractivity contribution >= 4 is 5.97 Å². The minimum absolute atomic E-state index is 0.0268. The number of hydrogen-bond acceptors (Lipinski definition) is 3.